The quantitative estimate of drug-likeness (QED) is 0.479. The first kappa shape index (κ1) is 24.1. The third-order valence-electron chi connectivity index (χ3n) is 5.34. The van der Waals surface area contributed by atoms with Crippen molar-refractivity contribution in [1.29, 1.82) is 0 Å². The van der Waals surface area contributed by atoms with Crippen LogP contribution >= 0.6 is 0 Å². The summed E-state index contributed by atoms with van der Waals surface area (Å²) in [4.78, 5) is 48.9. The molecule has 2 aliphatic rings. The Hall–Kier alpha value is -2.20. The monoisotopic (exact) mass is 429 g/mol. The van der Waals surface area contributed by atoms with E-state index in [9.17, 15) is 24.3 Å². The first-order valence-electron chi connectivity index (χ1n) is 10.2. The minimum absolute atomic E-state index is 0.166. The van der Waals surface area contributed by atoms with Crippen LogP contribution in [0.15, 0.2) is 0 Å². The van der Waals surface area contributed by atoms with Crippen molar-refractivity contribution in [3.05, 3.63) is 0 Å². The SMILES string of the molecule is CC(=O)OC[C@H]1O[C@@H](O)[C@H](N(C(C)=O)C2CCCCC2)[C@@H](OC(C)=O)[C@@H]1OC(C)=O. The van der Waals surface area contributed by atoms with Crippen LogP contribution in [-0.2, 0) is 38.1 Å². The molecule has 0 radical (unpaired) electrons. The van der Waals surface area contributed by atoms with Gasteiger partial charge in [0, 0.05) is 33.7 Å². The molecule has 1 N–H and O–H groups in total. The maximum atomic E-state index is 12.6. The molecule has 0 aromatic rings. The molecule has 1 saturated carbocycles. The fourth-order valence-electron chi connectivity index (χ4n) is 4.27. The molecule has 1 amide bonds. The number of aliphatic hydroxyl groups is 1. The molecule has 0 spiro atoms. The largest absolute Gasteiger partial charge is 0.463 e. The van der Waals surface area contributed by atoms with Crippen LogP contribution in [-0.4, -0.2) is 77.1 Å². The van der Waals surface area contributed by atoms with E-state index in [0.717, 1.165) is 32.1 Å². The van der Waals surface area contributed by atoms with Crippen molar-refractivity contribution < 1.29 is 43.2 Å². The summed E-state index contributed by atoms with van der Waals surface area (Å²) in [5, 5.41) is 10.8. The average Bonchev–Trinajstić information content (AvgIpc) is 2.65. The van der Waals surface area contributed by atoms with Crippen molar-refractivity contribution in [1.82, 2.24) is 4.90 Å². The van der Waals surface area contributed by atoms with Gasteiger partial charge in [0.15, 0.2) is 18.5 Å². The van der Waals surface area contributed by atoms with Crippen molar-refractivity contribution in [2.75, 3.05) is 6.61 Å². The van der Waals surface area contributed by atoms with E-state index < -0.39 is 48.6 Å². The Morgan fingerprint density at radius 3 is 1.97 bits per heavy atom. The standard InChI is InChI=1S/C20H31NO9/c1-11(22)21(15-8-6-5-7-9-15)17-19(29-14(4)25)18(28-13(3)24)16(30-20(17)26)10-27-12(2)23/h15-20,26H,5-10H2,1-4H3/t16-,17-,18-,19-,20-/m1/s1. The van der Waals surface area contributed by atoms with E-state index in [0.29, 0.717) is 0 Å². The highest BCUT2D eigenvalue weighted by molar-refractivity contribution is 5.74. The number of hydrogen-bond acceptors (Lipinski definition) is 9. The minimum Gasteiger partial charge on any atom is -0.463 e. The second kappa shape index (κ2) is 10.7. The van der Waals surface area contributed by atoms with Gasteiger partial charge in [-0.05, 0) is 12.8 Å². The number of hydrogen-bond donors (Lipinski definition) is 1. The Balaban J connectivity index is 2.42. The van der Waals surface area contributed by atoms with Gasteiger partial charge in [0.2, 0.25) is 5.91 Å². The van der Waals surface area contributed by atoms with E-state index in [2.05, 4.69) is 0 Å². The van der Waals surface area contributed by atoms with E-state index in [4.69, 9.17) is 18.9 Å². The van der Waals surface area contributed by atoms with E-state index in [1.54, 1.807) is 0 Å². The summed E-state index contributed by atoms with van der Waals surface area (Å²) in [6.07, 6.45) is -0.584. The van der Waals surface area contributed by atoms with E-state index in [-0.39, 0.29) is 18.6 Å². The summed E-state index contributed by atoms with van der Waals surface area (Å²) in [6, 6.07) is -1.24. The second-order valence-corrected chi connectivity index (χ2v) is 7.72. The Kier molecular flexibility index (Phi) is 8.60. The molecule has 1 heterocycles. The van der Waals surface area contributed by atoms with Gasteiger partial charge in [-0.3, -0.25) is 19.2 Å². The maximum Gasteiger partial charge on any atom is 0.303 e. The van der Waals surface area contributed by atoms with Crippen molar-refractivity contribution in [2.45, 2.75) is 96.5 Å². The molecular weight excluding hydrogens is 398 g/mol. The highest BCUT2D eigenvalue weighted by atomic mass is 16.7. The van der Waals surface area contributed by atoms with Crippen LogP contribution in [0.5, 0.6) is 0 Å². The predicted octanol–water partition coefficient (Wildman–Crippen LogP) is 0.680. The van der Waals surface area contributed by atoms with Crippen LogP contribution in [0.2, 0.25) is 0 Å². The number of rotatable bonds is 6. The van der Waals surface area contributed by atoms with Crippen LogP contribution < -0.4 is 0 Å². The first-order chi connectivity index (χ1) is 14.1. The number of nitrogens with zero attached hydrogens (tertiary/aromatic N) is 1. The van der Waals surface area contributed by atoms with Gasteiger partial charge in [-0.15, -0.1) is 0 Å². The molecule has 2 rings (SSSR count). The lowest BCUT2D eigenvalue weighted by Gasteiger charge is -2.49. The molecule has 0 unspecified atom stereocenters. The number of esters is 3. The van der Waals surface area contributed by atoms with Gasteiger partial charge in [0.1, 0.15) is 18.8 Å². The molecule has 10 nitrogen and oxygen atoms in total. The minimum atomic E-state index is -1.53. The molecule has 1 aliphatic carbocycles. The Morgan fingerprint density at radius 2 is 1.47 bits per heavy atom. The molecule has 30 heavy (non-hydrogen) atoms. The summed E-state index contributed by atoms with van der Waals surface area (Å²) >= 11 is 0. The van der Waals surface area contributed by atoms with Gasteiger partial charge >= 0.3 is 17.9 Å². The normalized spacial score (nSPS) is 29.6. The molecule has 1 saturated heterocycles. The Bertz CT molecular complexity index is 646. The lowest BCUT2D eigenvalue weighted by molar-refractivity contribution is -0.281. The van der Waals surface area contributed by atoms with Crippen molar-refractivity contribution in [2.24, 2.45) is 0 Å². The highest BCUT2D eigenvalue weighted by Gasteiger charge is 2.53. The zero-order valence-electron chi connectivity index (χ0n) is 17.9. The second-order valence-electron chi connectivity index (χ2n) is 7.72. The van der Waals surface area contributed by atoms with Gasteiger partial charge in [-0.1, -0.05) is 19.3 Å². The predicted molar refractivity (Wildman–Crippen MR) is 102 cm³/mol. The van der Waals surface area contributed by atoms with Crippen LogP contribution in [0, 0.1) is 0 Å². The zero-order chi connectivity index (χ0) is 22.4. The molecule has 0 bridgehead atoms. The van der Waals surface area contributed by atoms with Gasteiger partial charge in [0.05, 0.1) is 0 Å². The Morgan fingerprint density at radius 1 is 0.900 bits per heavy atom. The third-order valence-corrected chi connectivity index (χ3v) is 5.34. The van der Waals surface area contributed by atoms with Crippen LogP contribution in [0.25, 0.3) is 0 Å². The molecule has 0 aromatic heterocycles. The fourth-order valence-corrected chi connectivity index (χ4v) is 4.27. The smallest absolute Gasteiger partial charge is 0.303 e. The van der Waals surface area contributed by atoms with Gasteiger partial charge in [0.25, 0.3) is 0 Å². The van der Waals surface area contributed by atoms with E-state index >= 15 is 0 Å². The van der Waals surface area contributed by atoms with Gasteiger partial charge < -0.3 is 29.0 Å². The summed E-state index contributed by atoms with van der Waals surface area (Å²) in [6.45, 7) is 4.62. The molecular formula is C20H31NO9. The lowest BCUT2D eigenvalue weighted by Crippen LogP contribution is -2.68. The number of carbonyl (C=O) groups excluding carboxylic acids is 4. The van der Waals surface area contributed by atoms with Gasteiger partial charge in [-0.2, -0.15) is 0 Å². The molecule has 5 atom stereocenters. The average molecular weight is 429 g/mol. The first-order valence-corrected chi connectivity index (χ1v) is 10.2. The van der Waals surface area contributed by atoms with Crippen molar-refractivity contribution in [3.8, 4) is 0 Å². The van der Waals surface area contributed by atoms with Crippen LogP contribution in [0.1, 0.15) is 59.8 Å². The van der Waals surface area contributed by atoms with Gasteiger partial charge in [-0.25, -0.2) is 0 Å². The Labute approximate surface area is 175 Å². The lowest BCUT2D eigenvalue weighted by atomic mass is 9.89. The molecule has 10 heteroatoms. The van der Waals surface area contributed by atoms with Crippen LogP contribution in [0.3, 0.4) is 0 Å². The maximum absolute atomic E-state index is 12.6. The summed E-state index contributed by atoms with van der Waals surface area (Å²) in [5.41, 5.74) is 0. The summed E-state index contributed by atoms with van der Waals surface area (Å²) < 4.78 is 21.4. The molecule has 170 valence electrons. The number of ether oxygens (including phenoxy) is 4. The van der Waals surface area contributed by atoms with Crippen molar-refractivity contribution >= 4 is 23.8 Å². The zero-order valence-corrected chi connectivity index (χ0v) is 17.9. The van der Waals surface area contributed by atoms with Crippen molar-refractivity contribution in [3.63, 3.8) is 0 Å². The molecule has 1 aliphatic heterocycles. The third kappa shape index (κ3) is 6.15. The fraction of sp³-hybridized carbons (Fsp3) is 0.800. The summed E-state index contributed by atoms with van der Waals surface area (Å²) in [5.74, 6) is -2.24. The molecule has 0 aromatic carbocycles. The van der Waals surface area contributed by atoms with E-state index in [1.807, 2.05) is 0 Å². The topological polar surface area (TPSA) is 129 Å². The summed E-state index contributed by atoms with van der Waals surface area (Å²) in [7, 11) is 0. The number of amides is 1. The molecule has 2 fully saturated rings. The van der Waals surface area contributed by atoms with Crippen LogP contribution in [0.4, 0.5) is 0 Å². The number of carbonyl (C=O) groups is 4. The van der Waals surface area contributed by atoms with E-state index in [1.165, 1.54) is 32.6 Å². The highest BCUT2D eigenvalue weighted by Crippen LogP contribution is 2.33. The number of aliphatic hydroxyl groups excluding tert-OH is 1.